The van der Waals surface area contributed by atoms with Gasteiger partial charge in [0.25, 0.3) is 5.91 Å². The van der Waals surface area contributed by atoms with E-state index in [-0.39, 0.29) is 11.9 Å². The van der Waals surface area contributed by atoms with Gasteiger partial charge in [-0.05, 0) is 37.3 Å². The van der Waals surface area contributed by atoms with Crippen LogP contribution in [-0.4, -0.2) is 43.0 Å². The van der Waals surface area contributed by atoms with Gasteiger partial charge in [-0.1, -0.05) is 12.1 Å². The molecule has 3 aromatic rings. The first-order chi connectivity index (χ1) is 14.2. The summed E-state index contributed by atoms with van der Waals surface area (Å²) < 4.78 is 3.93. The fourth-order valence-corrected chi connectivity index (χ4v) is 4.34. The first-order valence-corrected chi connectivity index (χ1v) is 10.3. The fourth-order valence-electron chi connectivity index (χ4n) is 4.34. The molecule has 0 fully saturated rings. The Morgan fingerprint density at radius 1 is 1.24 bits per heavy atom. The van der Waals surface area contributed by atoms with E-state index in [2.05, 4.69) is 36.6 Å². The zero-order valence-electron chi connectivity index (χ0n) is 16.6. The van der Waals surface area contributed by atoms with Crippen LogP contribution in [0.5, 0.6) is 0 Å². The average molecular weight is 391 g/mol. The molecule has 29 heavy (non-hydrogen) atoms. The van der Waals surface area contributed by atoms with Crippen LogP contribution < -0.4 is 10.6 Å². The fraction of sp³-hybridized carbons (Fsp3) is 0.429. The number of anilines is 1. The van der Waals surface area contributed by atoms with Crippen LogP contribution in [0, 0.1) is 0 Å². The number of carbonyl (C=O) groups excluding carboxylic acids is 1. The molecule has 0 aliphatic carbocycles. The quantitative estimate of drug-likeness (QED) is 0.714. The van der Waals surface area contributed by atoms with Gasteiger partial charge in [-0.25, -0.2) is 0 Å². The summed E-state index contributed by atoms with van der Waals surface area (Å²) in [6, 6.07) is 6.12. The molecule has 0 radical (unpaired) electrons. The molecule has 0 bridgehead atoms. The number of hydrogen-bond donors (Lipinski definition) is 2. The SMILES string of the molecule is Cn1cc(-c2nnc3n2CCC(NC(=O)c2cccc4c2NCCC4)CC3)cn1. The van der Waals surface area contributed by atoms with Crippen molar-refractivity contribution in [3.63, 3.8) is 0 Å². The Morgan fingerprint density at radius 2 is 2.17 bits per heavy atom. The van der Waals surface area contributed by atoms with Gasteiger partial charge in [0.15, 0.2) is 5.82 Å². The van der Waals surface area contributed by atoms with Crippen molar-refractivity contribution >= 4 is 11.6 Å². The molecule has 0 saturated carbocycles. The van der Waals surface area contributed by atoms with Gasteiger partial charge in [-0.2, -0.15) is 5.10 Å². The van der Waals surface area contributed by atoms with Crippen LogP contribution in [0.3, 0.4) is 0 Å². The Morgan fingerprint density at radius 3 is 3.03 bits per heavy atom. The molecule has 5 rings (SSSR count). The first kappa shape index (κ1) is 17.9. The van der Waals surface area contributed by atoms with E-state index < -0.39 is 0 Å². The van der Waals surface area contributed by atoms with E-state index in [0.717, 1.165) is 73.7 Å². The van der Waals surface area contributed by atoms with Crippen LogP contribution in [0.4, 0.5) is 5.69 Å². The van der Waals surface area contributed by atoms with Crippen LogP contribution in [0.25, 0.3) is 11.4 Å². The zero-order valence-corrected chi connectivity index (χ0v) is 16.6. The Balaban J connectivity index is 1.31. The van der Waals surface area contributed by atoms with E-state index in [1.165, 1.54) is 5.56 Å². The highest BCUT2D eigenvalue weighted by Crippen LogP contribution is 2.27. The summed E-state index contributed by atoms with van der Waals surface area (Å²) in [6.07, 6.45) is 8.41. The number of aryl methyl sites for hydroxylation is 3. The zero-order chi connectivity index (χ0) is 19.8. The summed E-state index contributed by atoms with van der Waals surface area (Å²) in [7, 11) is 1.89. The third-order valence-corrected chi connectivity index (χ3v) is 5.86. The van der Waals surface area contributed by atoms with Crippen molar-refractivity contribution in [1.82, 2.24) is 29.9 Å². The van der Waals surface area contributed by atoms with Gasteiger partial charge in [0.05, 0.1) is 23.0 Å². The molecule has 2 aromatic heterocycles. The summed E-state index contributed by atoms with van der Waals surface area (Å²) in [5.74, 6) is 1.83. The molecule has 4 heterocycles. The highest BCUT2D eigenvalue weighted by molar-refractivity contribution is 6.00. The van der Waals surface area contributed by atoms with Crippen LogP contribution in [0.1, 0.15) is 41.0 Å². The molecule has 1 amide bonds. The molecular formula is C21H25N7O. The molecule has 2 aliphatic rings. The van der Waals surface area contributed by atoms with Crippen molar-refractivity contribution in [2.45, 2.75) is 44.7 Å². The van der Waals surface area contributed by atoms with Crippen molar-refractivity contribution < 1.29 is 4.79 Å². The lowest BCUT2D eigenvalue weighted by Crippen LogP contribution is -2.36. The molecular weight excluding hydrogens is 366 g/mol. The minimum atomic E-state index is 0.00592. The molecule has 1 atom stereocenters. The number of hydrogen-bond acceptors (Lipinski definition) is 5. The second kappa shape index (κ2) is 7.35. The predicted molar refractivity (Wildman–Crippen MR) is 110 cm³/mol. The second-order valence-electron chi connectivity index (χ2n) is 7.86. The lowest BCUT2D eigenvalue weighted by atomic mass is 9.98. The van der Waals surface area contributed by atoms with Crippen LogP contribution in [0.15, 0.2) is 30.6 Å². The summed E-state index contributed by atoms with van der Waals surface area (Å²) >= 11 is 0. The predicted octanol–water partition coefficient (Wildman–Crippen LogP) is 2.17. The largest absolute Gasteiger partial charge is 0.384 e. The van der Waals surface area contributed by atoms with E-state index in [0.29, 0.717) is 0 Å². The number of benzene rings is 1. The van der Waals surface area contributed by atoms with Gasteiger partial charge < -0.3 is 15.2 Å². The molecule has 2 N–H and O–H groups in total. The molecule has 0 spiro atoms. The third kappa shape index (κ3) is 3.39. The molecule has 1 aromatic carbocycles. The number of carbonyl (C=O) groups is 1. The monoisotopic (exact) mass is 391 g/mol. The molecule has 8 nitrogen and oxygen atoms in total. The third-order valence-electron chi connectivity index (χ3n) is 5.86. The molecule has 2 aliphatic heterocycles. The standard InChI is InChI=1S/C21H25N7O/c1-27-13-15(12-23-27)20-26-25-18-8-7-16(9-11-28(18)20)24-21(29)17-6-2-4-14-5-3-10-22-19(14)17/h2,4,6,12-13,16,22H,3,5,7-11H2,1H3,(H,24,29). The lowest BCUT2D eigenvalue weighted by molar-refractivity contribution is 0.0933. The van der Waals surface area contributed by atoms with Crippen LogP contribution >= 0.6 is 0 Å². The van der Waals surface area contributed by atoms with Gasteiger partial charge in [0.1, 0.15) is 5.82 Å². The Labute approximate surface area is 169 Å². The number of nitrogens with one attached hydrogen (secondary N) is 2. The van der Waals surface area contributed by atoms with Crippen molar-refractivity contribution in [2.75, 3.05) is 11.9 Å². The Bertz CT molecular complexity index is 1050. The van der Waals surface area contributed by atoms with Crippen molar-refractivity contribution in [3.8, 4) is 11.4 Å². The van der Waals surface area contributed by atoms with Crippen LogP contribution in [0.2, 0.25) is 0 Å². The van der Waals surface area contributed by atoms with E-state index >= 15 is 0 Å². The van der Waals surface area contributed by atoms with Crippen molar-refractivity contribution in [2.24, 2.45) is 7.05 Å². The maximum atomic E-state index is 13.0. The second-order valence-corrected chi connectivity index (χ2v) is 7.86. The number of nitrogens with zero attached hydrogens (tertiary/aromatic N) is 5. The maximum Gasteiger partial charge on any atom is 0.253 e. The normalized spacial score (nSPS) is 18.3. The lowest BCUT2D eigenvalue weighted by Gasteiger charge is -2.22. The smallest absolute Gasteiger partial charge is 0.253 e. The molecule has 0 saturated heterocycles. The van der Waals surface area contributed by atoms with Gasteiger partial charge in [-0.3, -0.25) is 9.48 Å². The molecule has 1 unspecified atom stereocenters. The topological polar surface area (TPSA) is 89.7 Å². The minimum absolute atomic E-state index is 0.00592. The maximum absolute atomic E-state index is 13.0. The van der Waals surface area contributed by atoms with Gasteiger partial charge in [0, 0.05) is 38.8 Å². The highest BCUT2D eigenvalue weighted by Gasteiger charge is 2.24. The minimum Gasteiger partial charge on any atom is -0.384 e. The summed E-state index contributed by atoms with van der Waals surface area (Å²) in [5, 5.41) is 19.7. The number of amides is 1. The summed E-state index contributed by atoms with van der Waals surface area (Å²) in [4.78, 5) is 13.0. The van der Waals surface area contributed by atoms with E-state index in [9.17, 15) is 4.79 Å². The number of aromatic nitrogens is 5. The van der Waals surface area contributed by atoms with Crippen molar-refractivity contribution in [3.05, 3.63) is 47.5 Å². The number of para-hydroxylation sites is 1. The van der Waals surface area contributed by atoms with Gasteiger partial charge >= 0.3 is 0 Å². The molecule has 8 heteroatoms. The first-order valence-electron chi connectivity index (χ1n) is 10.3. The van der Waals surface area contributed by atoms with E-state index in [4.69, 9.17) is 0 Å². The Hall–Kier alpha value is -3.16. The van der Waals surface area contributed by atoms with Crippen LogP contribution in [-0.2, 0) is 26.4 Å². The Kier molecular flexibility index (Phi) is 4.54. The highest BCUT2D eigenvalue weighted by atomic mass is 16.1. The van der Waals surface area contributed by atoms with E-state index in [1.54, 1.807) is 4.68 Å². The van der Waals surface area contributed by atoms with Gasteiger partial charge in [-0.15, -0.1) is 10.2 Å². The van der Waals surface area contributed by atoms with Crippen molar-refractivity contribution in [1.29, 1.82) is 0 Å². The van der Waals surface area contributed by atoms with Gasteiger partial charge in [0.2, 0.25) is 0 Å². The number of rotatable bonds is 3. The van der Waals surface area contributed by atoms with E-state index in [1.807, 2.05) is 31.6 Å². The number of fused-ring (bicyclic) bond motifs is 2. The summed E-state index contributed by atoms with van der Waals surface area (Å²) in [5.41, 5.74) is 3.95. The summed E-state index contributed by atoms with van der Waals surface area (Å²) in [6.45, 7) is 1.70. The molecule has 150 valence electrons. The average Bonchev–Trinajstić information content (AvgIpc) is 3.29.